The lowest BCUT2D eigenvalue weighted by Crippen LogP contribution is -2.37. The van der Waals surface area contributed by atoms with Crippen LogP contribution in [0.15, 0.2) is 83.8 Å². The van der Waals surface area contributed by atoms with Gasteiger partial charge in [0.25, 0.3) is 15.9 Å². The van der Waals surface area contributed by atoms with Crippen molar-refractivity contribution in [2.75, 3.05) is 23.3 Å². The normalized spacial score (nSPS) is 14.4. The Morgan fingerprint density at radius 1 is 0.909 bits per heavy atom. The minimum atomic E-state index is -4.13. The van der Waals surface area contributed by atoms with Crippen molar-refractivity contribution in [2.45, 2.75) is 6.92 Å². The Labute approximate surface area is 192 Å². The highest BCUT2D eigenvalue weighted by Crippen LogP contribution is 2.42. The van der Waals surface area contributed by atoms with E-state index in [0.717, 1.165) is 4.31 Å². The van der Waals surface area contributed by atoms with E-state index in [9.17, 15) is 18.0 Å². The molecule has 0 unspecified atom stereocenters. The molecule has 0 fully saturated rings. The van der Waals surface area contributed by atoms with Gasteiger partial charge in [-0.3, -0.25) is 9.10 Å². The number of hydrogen-bond acceptors (Lipinski definition) is 5. The fourth-order valence-corrected chi connectivity index (χ4v) is 5.15. The standard InChI is InChI=1S/C25H22N2O5S/c1-3-32-25(29)18-13-15-19(16-14-18)26-24(28)23-22(17-9-5-4-6-10-17)20-11-7-8-12-21(20)27(2)33(23,30)31/h4-16H,3H2,1-2H3,(H,26,28). The first-order valence-electron chi connectivity index (χ1n) is 10.3. The van der Waals surface area contributed by atoms with Gasteiger partial charge in [-0.1, -0.05) is 48.5 Å². The summed E-state index contributed by atoms with van der Waals surface area (Å²) in [6.45, 7) is 1.96. The zero-order valence-electron chi connectivity index (χ0n) is 18.1. The van der Waals surface area contributed by atoms with E-state index in [-0.39, 0.29) is 11.5 Å². The molecule has 8 heteroatoms. The summed E-state index contributed by atoms with van der Waals surface area (Å²) < 4.78 is 33.0. The average molecular weight is 463 g/mol. The molecule has 1 aliphatic heterocycles. The summed E-state index contributed by atoms with van der Waals surface area (Å²) >= 11 is 0. The molecule has 33 heavy (non-hydrogen) atoms. The van der Waals surface area contributed by atoms with Crippen LogP contribution in [-0.4, -0.2) is 33.9 Å². The summed E-state index contributed by atoms with van der Waals surface area (Å²) in [4.78, 5) is 24.9. The van der Waals surface area contributed by atoms with Crippen LogP contribution < -0.4 is 9.62 Å². The van der Waals surface area contributed by atoms with Crippen LogP contribution in [0.25, 0.3) is 5.57 Å². The molecule has 4 rings (SSSR count). The third kappa shape index (κ3) is 4.12. The Bertz CT molecular complexity index is 1350. The number of ether oxygens (including phenoxy) is 1. The number of carbonyl (C=O) groups excluding carboxylic acids is 2. The topological polar surface area (TPSA) is 92.8 Å². The number of hydrogen-bond donors (Lipinski definition) is 1. The molecule has 0 spiro atoms. The van der Waals surface area contributed by atoms with E-state index in [1.165, 1.54) is 31.3 Å². The van der Waals surface area contributed by atoms with E-state index in [4.69, 9.17) is 4.74 Å². The molecule has 1 amide bonds. The average Bonchev–Trinajstić information content (AvgIpc) is 2.82. The molecule has 0 saturated heterocycles. The van der Waals surface area contributed by atoms with Crippen molar-refractivity contribution >= 4 is 38.8 Å². The fraction of sp³-hybridized carbons (Fsp3) is 0.120. The van der Waals surface area contributed by atoms with Gasteiger partial charge in [0.1, 0.15) is 0 Å². The van der Waals surface area contributed by atoms with Crippen LogP contribution in [0, 0.1) is 0 Å². The maximum absolute atomic E-state index is 13.5. The molecule has 1 heterocycles. The van der Waals surface area contributed by atoms with Crippen LogP contribution in [0.2, 0.25) is 0 Å². The molecule has 3 aromatic carbocycles. The highest BCUT2D eigenvalue weighted by Gasteiger charge is 2.39. The van der Waals surface area contributed by atoms with Gasteiger partial charge in [0.2, 0.25) is 0 Å². The molecule has 3 aromatic rings. The zero-order valence-corrected chi connectivity index (χ0v) is 18.9. The molecule has 0 atom stereocenters. The lowest BCUT2D eigenvalue weighted by atomic mass is 9.95. The van der Waals surface area contributed by atoms with Gasteiger partial charge in [0.15, 0.2) is 4.91 Å². The van der Waals surface area contributed by atoms with Crippen molar-refractivity contribution in [3.05, 3.63) is 100 Å². The Morgan fingerprint density at radius 3 is 2.21 bits per heavy atom. The Balaban J connectivity index is 1.81. The lowest BCUT2D eigenvalue weighted by Gasteiger charge is -2.30. The molecule has 0 aromatic heterocycles. The predicted molar refractivity (Wildman–Crippen MR) is 127 cm³/mol. The molecule has 0 bridgehead atoms. The van der Waals surface area contributed by atoms with Gasteiger partial charge in [-0.25, -0.2) is 13.2 Å². The van der Waals surface area contributed by atoms with Gasteiger partial charge >= 0.3 is 5.97 Å². The maximum Gasteiger partial charge on any atom is 0.338 e. The SMILES string of the molecule is CCOC(=O)c1ccc(NC(=O)C2=C(c3ccccc3)c3ccccc3N(C)S2(=O)=O)cc1. The third-order valence-corrected chi connectivity index (χ3v) is 7.10. The fourth-order valence-electron chi connectivity index (χ4n) is 3.69. The molecule has 7 nitrogen and oxygen atoms in total. The Morgan fingerprint density at radius 2 is 1.55 bits per heavy atom. The van der Waals surface area contributed by atoms with Crippen molar-refractivity contribution in [2.24, 2.45) is 0 Å². The van der Waals surface area contributed by atoms with Gasteiger partial charge < -0.3 is 10.1 Å². The first-order chi connectivity index (χ1) is 15.8. The molecule has 0 aliphatic carbocycles. The molecular formula is C25H22N2O5S. The zero-order chi connectivity index (χ0) is 23.6. The second kappa shape index (κ2) is 8.91. The monoisotopic (exact) mass is 462 g/mol. The second-order valence-corrected chi connectivity index (χ2v) is 9.22. The number of amides is 1. The lowest BCUT2D eigenvalue weighted by molar-refractivity contribution is -0.112. The number of rotatable bonds is 5. The summed E-state index contributed by atoms with van der Waals surface area (Å²) in [6, 6.07) is 22.1. The van der Waals surface area contributed by atoms with Crippen LogP contribution in [0.3, 0.4) is 0 Å². The number of esters is 1. The summed E-state index contributed by atoms with van der Waals surface area (Å²) in [5.74, 6) is -1.24. The minimum Gasteiger partial charge on any atom is -0.462 e. The van der Waals surface area contributed by atoms with E-state index in [1.54, 1.807) is 55.5 Å². The van der Waals surface area contributed by atoms with Crippen LogP contribution >= 0.6 is 0 Å². The molecule has 0 saturated carbocycles. The van der Waals surface area contributed by atoms with E-state index < -0.39 is 21.9 Å². The molecule has 0 radical (unpaired) electrons. The molecule has 1 N–H and O–H groups in total. The number of nitrogens with zero attached hydrogens (tertiary/aromatic N) is 1. The third-order valence-electron chi connectivity index (χ3n) is 5.28. The van der Waals surface area contributed by atoms with E-state index in [0.29, 0.717) is 33.6 Å². The molecular weight excluding hydrogens is 440 g/mol. The molecule has 1 aliphatic rings. The second-order valence-electron chi connectivity index (χ2n) is 7.31. The predicted octanol–water partition coefficient (Wildman–Crippen LogP) is 4.04. The van der Waals surface area contributed by atoms with Gasteiger partial charge in [0, 0.05) is 23.9 Å². The van der Waals surface area contributed by atoms with Crippen molar-refractivity contribution in [3.8, 4) is 0 Å². The van der Waals surface area contributed by atoms with Gasteiger partial charge in [-0.15, -0.1) is 0 Å². The Kier molecular flexibility index (Phi) is 6.02. The van der Waals surface area contributed by atoms with Gasteiger partial charge in [-0.05, 0) is 42.8 Å². The van der Waals surface area contributed by atoms with Crippen LogP contribution in [-0.2, 0) is 19.6 Å². The summed E-state index contributed by atoms with van der Waals surface area (Å²) in [6.07, 6.45) is 0. The van der Waals surface area contributed by atoms with E-state index >= 15 is 0 Å². The van der Waals surface area contributed by atoms with Crippen molar-refractivity contribution < 1.29 is 22.7 Å². The molecule has 168 valence electrons. The van der Waals surface area contributed by atoms with Crippen molar-refractivity contribution in [1.82, 2.24) is 0 Å². The first-order valence-corrected chi connectivity index (χ1v) is 11.7. The minimum absolute atomic E-state index is 0.251. The highest BCUT2D eigenvalue weighted by atomic mass is 32.2. The number of nitrogens with one attached hydrogen (secondary N) is 1. The van der Waals surface area contributed by atoms with Crippen molar-refractivity contribution in [1.29, 1.82) is 0 Å². The number of carbonyl (C=O) groups is 2. The van der Waals surface area contributed by atoms with Crippen LogP contribution in [0.1, 0.15) is 28.4 Å². The largest absolute Gasteiger partial charge is 0.462 e. The number of anilines is 2. The quantitative estimate of drug-likeness (QED) is 0.578. The number of fused-ring (bicyclic) bond motifs is 1. The van der Waals surface area contributed by atoms with Crippen LogP contribution in [0.5, 0.6) is 0 Å². The summed E-state index contributed by atoms with van der Waals surface area (Å²) in [7, 11) is -2.71. The van der Waals surface area contributed by atoms with E-state index in [2.05, 4.69) is 5.32 Å². The summed E-state index contributed by atoms with van der Waals surface area (Å²) in [5.41, 5.74) is 2.77. The number of benzene rings is 3. The summed E-state index contributed by atoms with van der Waals surface area (Å²) in [5, 5.41) is 2.66. The Hall–Kier alpha value is -3.91. The maximum atomic E-state index is 13.5. The first kappa shape index (κ1) is 22.3. The van der Waals surface area contributed by atoms with Gasteiger partial charge in [0.05, 0.1) is 17.9 Å². The van der Waals surface area contributed by atoms with Crippen LogP contribution in [0.4, 0.5) is 11.4 Å². The highest BCUT2D eigenvalue weighted by molar-refractivity contribution is 7.97. The number of para-hydroxylation sites is 1. The smallest absolute Gasteiger partial charge is 0.338 e. The number of sulfonamides is 1. The van der Waals surface area contributed by atoms with Crippen molar-refractivity contribution in [3.63, 3.8) is 0 Å². The van der Waals surface area contributed by atoms with E-state index in [1.807, 2.05) is 6.07 Å². The van der Waals surface area contributed by atoms with Gasteiger partial charge in [-0.2, -0.15) is 0 Å².